The van der Waals surface area contributed by atoms with E-state index in [-0.39, 0.29) is 2.78 Å². The molecule has 0 aromatic heterocycles. The molecule has 0 unspecified atom stereocenters. The van der Waals surface area contributed by atoms with E-state index in [1.165, 1.54) is 0 Å². The van der Waals surface area contributed by atoms with Crippen molar-refractivity contribution in [1.82, 2.24) is 0 Å². The Morgan fingerprint density at radius 3 is 1.50 bits per heavy atom. The Labute approximate surface area is 49.0 Å². The van der Waals surface area contributed by atoms with Crippen molar-refractivity contribution in [3.63, 3.8) is 0 Å². The average molecular weight is 208 g/mol. The van der Waals surface area contributed by atoms with Gasteiger partial charge in [0.2, 0.25) is 0 Å². The molecule has 0 saturated carbocycles. The van der Waals surface area contributed by atoms with E-state index >= 15 is 0 Å². The second-order valence-electron chi connectivity index (χ2n) is 0.334. The Bertz CT molecular complexity index is 10.8. The molecule has 4 heavy (non-hydrogen) atoms. The van der Waals surface area contributed by atoms with Gasteiger partial charge >= 0.3 is 49.0 Å². The van der Waals surface area contributed by atoms with Crippen molar-refractivity contribution < 1.29 is 0 Å². The third kappa shape index (κ3) is 10.00. The number of hydrogen-bond donors (Lipinski definition) is 0. The number of halogens is 2. The Kier molecular flexibility index (Phi) is 3.54. The van der Waals surface area contributed by atoms with Crippen LogP contribution in [-0.4, -0.2) is 25.8 Å². The molecule has 3 heteroatoms. The fourth-order valence-electron chi connectivity index (χ4n) is 0. The fourth-order valence-corrected chi connectivity index (χ4v) is 0. The van der Waals surface area contributed by atoms with E-state index < -0.39 is 0 Å². The topological polar surface area (TPSA) is 0 Å². The van der Waals surface area contributed by atoms with Crippen molar-refractivity contribution in [3.8, 4) is 0 Å². The predicted octanol–water partition coefficient (Wildman–Crippen LogP) is 0.381. The van der Waals surface area contributed by atoms with E-state index in [0.717, 1.165) is 23.0 Å². The molecule has 0 aliphatic carbocycles. The molecule has 0 amide bonds. The van der Waals surface area contributed by atoms with Crippen LogP contribution in [0.3, 0.4) is 0 Å². The van der Waals surface area contributed by atoms with Gasteiger partial charge in [-0.2, -0.15) is 0 Å². The molecular formula is CH3Cl2Sb. The van der Waals surface area contributed by atoms with Crippen molar-refractivity contribution in [2.45, 2.75) is 2.78 Å². The van der Waals surface area contributed by atoms with Crippen LogP contribution in [0, 0.1) is 0 Å². The number of alkyl halides is 2. The third-order valence-electron chi connectivity index (χ3n) is 0. The van der Waals surface area contributed by atoms with Crippen molar-refractivity contribution >= 4 is 46.2 Å². The molecule has 26 valence electrons. The van der Waals surface area contributed by atoms with Crippen LogP contribution in [-0.2, 0) is 0 Å². The molecule has 0 spiro atoms. The molecule has 0 aliphatic heterocycles. The average Bonchev–Trinajstić information content (AvgIpc) is 0.811. The van der Waals surface area contributed by atoms with Gasteiger partial charge in [0.15, 0.2) is 0 Å². The molecule has 0 N–H and O–H groups in total. The van der Waals surface area contributed by atoms with Gasteiger partial charge in [-0.05, 0) is 0 Å². The van der Waals surface area contributed by atoms with E-state index in [2.05, 4.69) is 0 Å². The van der Waals surface area contributed by atoms with Gasteiger partial charge in [0.1, 0.15) is 0 Å². The molecule has 0 nitrogen and oxygen atoms in total. The van der Waals surface area contributed by atoms with Crippen molar-refractivity contribution in [2.24, 2.45) is 0 Å². The molecule has 0 radical (unpaired) electrons. The normalized spacial score (nSPS) is 9.00. The Balaban J connectivity index is 2.32. The summed E-state index contributed by atoms with van der Waals surface area (Å²) in [5, 5.41) is 0. The van der Waals surface area contributed by atoms with Gasteiger partial charge in [0, 0.05) is 0 Å². The second-order valence-corrected chi connectivity index (χ2v) is 5.81. The summed E-state index contributed by atoms with van der Waals surface area (Å²) in [5.74, 6) is 0. The van der Waals surface area contributed by atoms with E-state index in [0.29, 0.717) is 0 Å². The Morgan fingerprint density at radius 1 is 1.50 bits per heavy atom. The van der Waals surface area contributed by atoms with E-state index in [4.69, 9.17) is 23.2 Å². The summed E-state index contributed by atoms with van der Waals surface area (Å²) in [6.07, 6.45) is 0. The summed E-state index contributed by atoms with van der Waals surface area (Å²) < 4.78 is -0.0922. The minimum absolute atomic E-state index is 0.0922. The summed E-state index contributed by atoms with van der Waals surface area (Å²) in [7, 11) is 0. The molecule has 0 aromatic rings. The second kappa shape index (κ2) is 2.63. The van der Waals surface area contributed by atoms with E-state index in [1.54, 1.807) is 0 Å². The van der Waals surface area contributed by atoms with Gasteiger partial charge in [0.05, 0.1) is 0 Å². The first-order valence-corrected chi connectivity index (χ1v) is 3.55. The molecule has 0 aromatic carbocycles. The fraction of sp³-hybridized carbons (Fsp3) is 1.00. The van der Waals surface area contributed by atoms with Gasteiger partial charge < -0.3 is 0 Å². The Hall–Kier alpha value is 1.40. The maximum absolute atomic E-state index is 5.10. The minimum atomic E-state index is -0.0922. The van der Waals surface area contributed by atoms with Crippen LogP contribution in [0.25, 0.3) is 0 Å². The van der Waals surface area contributed by atoms with Crippen molar-refractivity contribution in [2.75, 3.05) is 0 Å². The predicted molar refractivity (Wildman–Crippen MR) is 24.0 cm³/mol. The molecule has 0 aliphatic rings. The van der Waals surface area contributed by atoms with Crippen LogP contribution in [0.4, 0.5) is 0 Å². The zero-order valence-electron chi connectivity index (χ0n) is 1.91. The van der Waals surface area contributed by atoms with Crippen LogP contribution in [0.15, 0.2) is 0 Å². The van der Waals surface area contributed by atoms with Gasteiger partial charge in [-0.1, -0.05) is 0 Å². The number of rotatable bonds is 0. The van der Waals surface area contributed by atoms with Gasteiger partial charge in [0.25, 0.3) is 0 Å². The monoisotopic (exact) mass is 206 g/mol. The summed E-state index contributed by atoms with van der Waals surface area (Å²) in [5.41, 5.74) is 0. The summed E-state index contributed by atoms with van der Waals surface area (Å²) in [6.45, 7) is 0. The third-order valence-corrected chi connectivity index (χ3v) is 0. The van der Waals surface area contributed by atoms with E-state index in [1.807, 2.05) is 0 Å². The first kappa shape index (κ1) is 5.40. The van der Waals surface area contributed by atoms with Crippen LogP contribution in [0.1, 0.15) is 0 Å². The SMILES string of the molecule is Cl[CH](Cl)[SbH2]. The molecule has 0 heterocycles. The van der Waals surface area contributed by atoms with Crippen molar-refractivity contribution in [1.29, 1.82) is 0 Å². The van der Waals surface area contributed by atoms with Gasteiger partial charge in [-0.3, -0.25) is 0 Å². The molecule has 0 rings (SSSR count). The quantitative estimate of drug-likeness (QED) is 0.398. The Morgan fingerprint density at radius 2 is 1.50 bits per heavy atom. The van der Waals surface area contributed by atoms with Crippen molar-refractivity contribution in [3.05, 3.63) is 0 Å². The van der Waals surface area contributed by atoms with Crippen LogP contribution in [0.2, 0.25) is 0 Å². The summed E-state index contributed by atoms with van der Waals surface area (Å²) in [6, 6.07) is 0. The van der Waals surface area contributed by atoms with Gasteiger partial charge in [-0.25, -0.2) is 0 Å². The van der Waals surface area contributed by atoms with Crippen LogP contribution in [0.5, 0.6) is 0 Å². The van der Waals surface area contributed by atoms with E-state index in [9.17, 15) is 0 Å². The molecule has 0 saturated heterocycles. The molecule has 0 atom stereocenters. The molecule has 0 bridgehead atoms. The zero-order valence-corrected chi connectivity index (χ0v) is 6.72. The first-order valence-electron chi connectivity index (χ1n) is 0.770. The maximum atomic E-state index is 5.10. The first-order chi connectivity index (χ1) is 1.73. The molecular weight excluding hydrogens is 205 g/mol. The van der Waals surface area contributed by atoms with Crippen LogP contribution < -0.4 is 0 Å². The summed E-state index contributed by atoms with van der Waals surface area (Å²) >= 11 is 11.1. The van der Waals surface area contributed by atoms with Crippen LogP contribution >= 0.6 is 23.2 Å². The zero-order chi connectivity index (χ0) is 3.58. The molecule has 0 fully saturated rings. The number of hydrogen-bond acceptors (Lipinski definition) is 0. The standard InChI is InChI=1S/CHCl2.Sb.2H/c2-1-3;;;/h1H;;;. The van der Waals surface area contributed by atoms with Gasteiger partial charge in [-0.15, -0.1) is 0 Å². The summed E-state index contributed by atoms with van der Waals surface area (Å²) in [4.78, 5) is 0.